The molecule has 0 bridgehead atoms. The van der Waals surface area contributed by atoms with Crippen LogP contribution in [-0.2, 0) is 4.79 Å². The second kappa shape index (κ2) is 5.97. The number of carboxylic acids is 1. The maximum atomic E-state index is 12.5. The first-order valence-corrected chi connectivity index (χ1v) is 8.23. The van der Waals surface area contributed by atoms with Gasteiger partial charge in [-0.05, 0) is 12.0 Å². The minimum atomic E-state index is -0.910. The fourth-order valence-electron chi connectivity index (χ4n) is 2.95. The second-order valence-corrected chi connectivity index (χ2v) is 6.45. The van der Waals surface area contributed by atoms with E-state index in [1.165, 1.54) is 22.2 Å². The number of urea groups is 1. The summed E-state index contributed by atoms with van der Waals surface area (Å²) < 4.78 is 0. The van der Waals surface area contributed by atoms with Crippen LogP contribution in [0.4, 0.5) is 4.79 Å². The molecule has 2 aliphatic rings. The third-order valence-electron chi connectivity index (χ3n) is 4.14. The fraction of sp³-hybridized carbons (Fsp3) is 0.467. The summed E-state index contributed by atoms with van der Waals surface area (Å²) in [6.45, 7) is 1.38. The number of hydrogen-bond donors (Lipinski definition) is 1. The number of aliphatic carboxylic acids is 1. The van der Waals surface area contributed by atoms with Crippen LogP contribution >= 0.6 is 11.8 Å². The average Bonchev–Trinajstić information content (AvgIpc) is 3.17. The molecule has 2 atom stereocenters. The maximum Gasteiger partial charge on any atom is 0.327 e. The molecular formula is C15H18N2O3S. The topological polar surface area (TPSA) is 60.9 Å². The molecule has 3 rings (SSSR count). The van der Waals surface area contributed by atoms with Gasteiger partial charge in [0.1, 0.15) is 6.04 Å². The van der Waals surface area contributed by atoms with Crippen molar-refractivity contribution in [3.8, 4) is 0 Å². The summed E-state index contributed by atoms with van der Waals surface area (Å²) in [5.41, 5.74) is 1.25. The van der Waals surface area contributed by atoms with Crippen LogP contribution in [0.1, 0.15) is 17.9 Å². The lowest BCUT2D eigenvalue weighted by molar-refractivity contribution is -0.140. The van der Waals surface area contributed by atoms with Gasteiger partial charge in [-0.2, -0.15) is 0 Å². The van der Waals surface area contributed by atoms with Crippen LogP contribution in [0.15, 0.2) is 30.3 Å². The number of likely N-dealkylation sites (tertiary alicyclic amines) is 1. The Morgan fingerprint density at radius 3 is 2.71 bits per heavy atom. The van der Waals surface area contributed by atoms with Crippen LogP contribution < -0.4 is 0 Å². The molecule has 0 spiro atoms. The van der Waals surface area contributed by atoms with E-state index in [-0.39, 0.29) is 6.03 Å². The number of carboxylic acid groups (broad SMARTS) is 1. The molecular weight excluding hydrogens is 288 g/mol. The number of carbonyl (C=O) groups excluding carboxylic acids is 1. The van der Waals surface area contributed by atoms with Crippen molar-refractivity contribution in [3.63, 3.8) is 0 Å². The number of amides is 2. The van der Waals surface area contributed by atoms with E-state index < -0.39 is 12.0 Å². The molecule has 1 aromatic carbocycles. The van der Waals surface area contributed by atoms with Crippen molar-refractivity contribution in [2.75, 3.05) is 24.7 Å². The summed E-state index contributed by atoms with van der Waals surface area (Å²) in [4.78, 5) is 27.0. The molecule has 2 amide bonds. The molecule has 0 aromatic heterocycles. The first kappa shape index (κ1) is 14.3. The Hall–Kier alpha value is -1.69. The van der Waals surface area contributed by atoms with Gasteiger partial charge in [-0.1, -0.05) is 30.3 Å². The number of benzene rings is 1. The summed E-state index contributed by atoms with van der Waals surface area (Å²) in [6.07, 6.45) is 0.939. The lowest BCUT2D eigenvalue weighted by Crippen LogP contribution is -2.48. The molecule has 0 saturated carbocycles. The van der Waals surface area contributed by atoms with Crippen LogP contribution in [0, 0.1) is 0 Å². The Kier molecular flexibility index (Phi) is 4.05. The highest BCUT2D eigenvalue weighted by Crippen LogP contribution is 2.30. The normalized spacial score (nSPS) is 25.3. The molecule has 112 valence electrons. The Labute approximate surface area is 127 Å². The van der Waals surface area contributed by atoms with E-state index >= 15 is 0 Å². The molecule has 0 aliphatic carbocycles. The van der Waals surface area contributed by atoms with Crippen LogP contribution in [-0.4, -0.2) is 57.7 Å². The Balaban J connectivity index is 1.66. The Morgan fingerprint density at radius 1 is 1.24 bits per heavy atom. The highest BCUT2D eigenvalue weighted by molar-refractivity contribution is 7.99. The summed E-state index contributed by atoms with van der Waals surface area (Å²) in [7, 11) is 0. The van der Waals surface area contributed by atoms with Crippen molar-refractivity contribution in [2.24, 2.45) is 0 Å². The molecule has 2 saturated heterocycles. The van der Waals surface area contributed by atoms with Crippen LogP contribution in [0.3, 0.4) is 0 Å². The van der Waals surface area contributed by atoms with E-state index in [0.29, 0.717) is 30.6 Å². The average molecular weight is 306 g/mol. The minimum Gasteiger partial charge on any atom is -0.480 e. The van der Waals surface area contributed by atoms with Gasteiger partial charge in [-0.25, -0.2) is 9.59 Å². The van der Waals surface area contributed by atoms with Gasteiger partial charge in [0.05, 0.1) is 5.88 Å². The number of thioether (sulfide) groups is 1. The zero-order chi connectivity index (χ0) is 14.8. The van der Waals surface area contributed by atoms with E-state index in [4.69, 9.17) is 0 Å². The molecule has 2 aliphatic heterocycles. The van der Waals surface area contributed by atoms with E-state index in [2.05, 4.69) is 12.1 Å². The van der Waals surface area contributed by atoms with Gasteiger partial charge in [0.2, 0.25) is 0 Å². The Morgan fingerprint density at radius 2 is 2.00 bits per heavy atom. The quantitative estimate of drug-likeness (QED) is 0.908. The molecule has 2 heterocycles. The Bertz CT molecular complexity index is 537. The molecule has 2 fully saturated rings. The molecule has 5 nitrogen and oxygen atoms in total. The third-order valence-corrected chi connectivity index (χ3v) is 5.16. The number of hydrogen-bond acceptors (Lipinski definition) is 3. The van der Waals surface area contributed by atoms with Gasteiger partial charge in [-0.15, -0.1) is 11.8 Å². The standard InChI is InChI=1S/C15H18N2O3S/c18-14(19)13-9-21-10-17(13)15(20)16-7-6-12(8-16)11-4-2-1-3-5-11/h1-5,12-13H,6-10H2,(H,18,19). The third kappa shape index (κ3) is 2.85. The van der Waals surface area contributed by atoms with Gasteiger partial charge in [0.15, 0.2) is 0 Å². The summed E-state index contributed by atoms with van der Waals surface area (Å²) >= 11 is 1.50. The minimum absolute atomic E-state index is 0.133. The van der Waals surface area contributed by atoms with Crippen LogP contribution in [0.2, 0.25) is 0 Å². The maximum absolute atomic E-state index is 12.5. The van der Waals surface area contributed by atoms with Crippen molar-refractivity contribution in [1.82, 2.24) is 9.80 Å². The van der Waals surface area contributed by atoms with Crippen LogP contribution in [0.25, 0.3) is 0 Å². The van der Waals surface area contributed by atoms with E-state index in [1.54, 1.807) is 4.90 Å². The molecule has 21 heavy (non-hydrogen) atoms. The number of carbonyl (C=O) groups is 2. The first-order valence-electron chi connectivity index (χ1n) is 7.08. The largest absolute Gasteiger partial charge is 0.480 e. The van der Waals surface area contributed by atoms with E-state index in [0.717, 1.165) is 6.42 Å². The van der Waals surface area contributed by atoms with Crippen molar-refractivity contribution >= 4 is 23.8 Å². The second-order valence-electron chi connectivity index (χ2n) is 5.45. The molecule has 1 N–H and O–H groups in total. The zero-order valence-electron chi connectivity index (χ0n) is 11.6. The van der Waals surface area contributed by atoms with Crippen LogP contribution in [0.5, 0.6) is 0 Å². The molecule has 1 aromatic rings. The van der Waals surface area contributed by atoms with Gasteiger partial charge in [-0.3, -0.25) is 0 Å². The highest BCUT2D eigenvalue weighted by Gasteiger charge is 2.38. The summed E-state index contributed by atoms with van der Waals surface area (Å²) in [5, 5.41) is 9.18. The van der Waals surface area contributed by atoms with Crippen molar-refractivity contribution < 1.29 is 14.7 Å². The van der Waals surface area contributed by atoms with Crippen molar-refractivity contribution in [2.45, 2.75) is 18.4 Å². The molecule has 0 radical (unpaired) electrons. The summed E-state index contributed by atoms with van der Waals surface area (Å²) in [6, 6.07) is 9.37. The van der Waals surface area contributed by atoms with Gasteiger partial charge < -0.3 is 14.9 Å². The summed E-state index contributed by atoms with van der Waals surface area (Å²) in [5.74, 6) is 0.403. The fourth-order valence-corrected chi connectivity index (χ4v) is 4.09. The number of rotatable bonds is 2. The first-order chi connectivity index (χ1) is 10.2. The molecule has 6 heteroatoms. The van der Waals surface area contributed by atoms with E-state index in [9.17, 15) is 14.7 Å². The monoisotopic (exact) mass is 306 g/mol. The smallest absolute Gasteiger partial charge is 0.327 e. The predicted octanol–water partition coefficient (Wildman–Crippen LogP) is 2.06. The van der Waals surface area contributed by atoms with Crippen molar-refractivity contribution in [3.05, 3.63) is 35.9 Å². The van der Waals surface area contributed by atoms with Gasteiger partial charge in [0, 0.05) is 24.8 Å². The van der Waals surface area contributed by atoms with Gasteiger partial charge >= 0.3 is 12.0 Å². The van der Waals surface area contributed by atoms with E-state index in [1.807, 2.05) is 18.2 Å². The highest BCUT2D eigenvalue weighted by atomic mass is 32.2. The SMILES string of the molecule is O=C(O)C1CSCN1C(=O)N1CCC(c2ccccc2)C1. The lowest BCUT2D eigenvalue weighted by Gasteiger charge is -2.26. The predicted molar refractivity (Wildman–Crippen MR) is 81.4 cm³/mol. The lowest BCUT2D eigenvalue weighted by atomic mass is 9.99. The van der Waals surface area contributed by atoms with Gasteiger partial charge in [0.25, 0.3) is 0 Å². The molecule has 2 unspecified atom stereocenters. The number of nitrogens with zero attached hydrogens (tertiary/aromatic N) is 2. The zero-order valence-corrected chi connectivity index (χ0v) is 12.5. The van der Waals surface area contributed by atoms with Crippen molar-refractivity contribution in [1.29, 1.82) is 0 Å².